The van der Waals surface area contributed by atoms with Gasteiger partial charge in [0.2, 0.25) is 10.0 Å². The summed E-state index contributed by atoms with van der Waals surface area (Å²) in [6, 6.07) is 8.40. The predicted octanol–water partition coefficient (Wildman–Crippen LogP) is 2.35. The van der Waals surface area contributed by atoms with E-state index in [0.717, 1.165) is 17.4 Å². The van der Waals surface area contributed by atoms with E-state index in [1.807, 2.05) is 0 Å². The highest BCUT2D eigenvalue weighted by Crippen LogP contribution is 2.29. The van der Waals surface area contributed by atoms with Crippen LogP contribution in [0.1, 0.15) is 0 Å². The van der Waals surface area contributed by atoms with Crippen LogP contribution in [0.15, 0.2) is 51.0 Å². The first kappa shape index (κ1) is 20.0. The third kappa shape index (κ3) is 6.20. The first-order chi connectivity index (χ1) is 12.2. The molecule has 26 heavy (non-hydrogen) atoms. The van der Waals surface area contributed by atoms with Gasteiger partial charge in [-0.2, -0.15) is 0 Å². The Morgan fingerprint density at radius 2 is 1.96 bits per heavy atom. The fourth-order valence-corrected chi connectivity index (χ4v) is 3.86. The molecule has 142 valence electrons. The van der Waals surface area contributed by atoms with Gasteiger partial charge in [-0.05, 0) is 23.6 Å². The minimum absolute atomic E-state index is 0.00820. The van der Waals surface area contributed by atoms with Gasteiger partial charge in [0.15, 0.2) is 11.7 Å². The van der Waals surface area contributed by atoms with Gasteiger partial charge < -0.3 is 15.8 Å². The Kier molecular flexibility index (Phi) is 6.45. The lowest BCUT2D eigenvalue weighted by molar-refractivity contribution is -0.274. The van der Waals surface area contributed by atoms with Gasteiger partial charge >= 0.3 is 6.36 Å². The Morgan fingerprint density at radius 1 is 1.23 bits per heavy atom. The number of rotatable bonds is 7. The average molecular weight is 408 g/mol. The number of nitrogens with one attached hydrogen (secondary N) is 2. The van der Waals surface area contributed by atoms with Crippen molar-refractivity contribution in [1.29, 1.82) is 0 Å². The summed E-state index contributed by atoms with van der Waals surface area (Å²) >= 11 is 1.07. The summed E-state index contributed by atoms with van der Waals surface area (Å²) in [6.45, 7) is -0.0327. The third-order valence-corrected chi connectivity index (χ3v) is 5.68. The second-order valence-electron chi connectivity index (χ2n) is 4.77. The van der Waals surface area contributed by atoms with Crippen LogP contribution in [0.25, 0.3) is 0 Å². The van der Waals surface area contributed by atoms with Crippen molar-refractivity contribution in [2.75, 3.05) is 18.4 Å². The quantitative estimate of drug-likeness (QED) is 0.371. The standard InChI is InChI=1S/C14H15F3N4O3S2/c15-14(16,17)24-11-5-2-1-4-10(11)21-13(18)19-7-8-20-26(22,23)12-6-3-9-25-12/h1-6,9,20H,7-8H2,(H3,18,19,21). The van der Waals surface area contributed by atoms with Crippen molar-refractivity contribution >= 4 is 33.0 Å². The smallest absolute Gasteiger partial charge is 0.404 e. The third-order valence-electron chi connectivity index (χ3n) is 2.82. The van der Waals surface area contributed by atoms with E-state index in [-0.39, 0.29) is 28.9 Å². The van der Waals surface area contributed by atoms with Crippen LogP contribution < -0.4 is 20.5 Å². The number of halogens is 3. The number of ether oxygens (including phenoxy) is 1. The van der Waals surface area contributed by atoms with Gasteiger partial charge in [0.25, 0.3) is 0 Å². The summed E-state index contributed by atoms with van der Waals surface area (Å²) in [5.41, 5.74) is 5.59. The minimum Gasteiger partial charge on any atom is -0.404 e. The van der Waals surface area contributed by atoms with Gasteiger partial charge in [0.05, 0.1) is 12.2 Å². The van der Waals surface area contributed by atoms with E-state index < -0.39 is 22.1 Å². The zero-order valence-electron chi connectivity index (χ0n) is 13.2. The second-order valence-corrected chi connectivity index (χ2v) is 7.71. The van der Waals surface area contributed by atoms with Crippen LogP contribution in [-0.4, -0.2) is 33.8 Å². The molecule has 0 aliphatic carbocycles. The van der Waals surface area contributed by atoms with Crippen LogP contribution in [0.5, 0.6) is 5.75 Å². The van der Waals surface area contributed by atoms with E-state index in [4.69, 9.17) is 5.73 Å². The Balaban J connectivity index is 1.91. The molecule has 0 aliphatic heterocycles. The van der Waals surface area contributed by atoms with Crippen LogP contribution in [-0.2, 0) is 10.0 Å². The summed E-state index contributed by atoms with van der Waals surface area (Å²) in [7, 11) is -3.61. The predicted molar refractivity (Wildman–Crippen MR) is 92.7 cm³/mol. The van der Waals surface area contributed by atoms with Gasteiger partial charge in [0.1, 0.15) is 4.21 Å². The molecule has 0 unspecified atom stereocenters. The molecule has 0 radical (unpaired) electrons. The van der Waals surface area contributed by atoms with Crippen LogP contribution in [0.4, 0.5) is 18.9 Å². The van der Waals surface area contributed by atoms with E-state index in [1.54, 1.807) is 11.4 Å². The molecule has 7 nitrogen and oxygen atoms in total. The fraction of sp³-hybridized carbons (Fsp3) is 0.214. The number of nitrogens with two attached hydrogens (primary N) is 1. The molecule has 2 aromatic rings. The average Bonchev–Trinajstić information content (AvgIpc) is 3.07. The molecule has 0 spiro atoms. The zero-order chi connectivity index (χ0) is 19.2. The maximum atomic E-state index is 12.4. The molecule has 2 rings (SSSR count). The second kappa shape index (κ2) is 8.38. The number of guanidine groups is 1. The molecular weight excluding hydrogens is 393 g/mol. The molecule has 1 aromatic carbocycles. The Bertz CT molecular complexity index is 853. The number of benzene rings is 1. The number of thiophene rings is 1. The normalized spacial score (nSPS) is 12.8. The number of aliphatic imine (C=N–C) groups is 1. The Hall–Kier alpha value is -2.31. The van der Waals surface area contributed by atoms with Crippen molar-refractivity contribution in [2.24, 2.45) is 10.7 Å². The minimum atomic E-state index is -4.84. The first-order valence-electron chi connectivity index (χ1n) is 7.12. The topological polar surface area (TPSA) is 106 Å². The maximum Gasteiger partial charge on any atom is 0.573 e. The molecule has 4 N–H and O–H groups in total. The molecular formula is C14H15F3N4O3S2. The molecule has 0 fully saturated rings. The van der Waals surface area contributed by atoms with Gasteiger partial charge in [0, 0.05) is 6.54 Å². The molecule has 12 heteroatoms. The molecule has 0 saturated heterocycles. The lowest BCUT2D eigenvalue weighted by Crippen LogP contribution is -2.28. The van der Waals surface area contributed by atoms with E-state index in [0.29, 0.717) is 0 Å². The van der Waals surface area contributed by atoms with Crippen molar-refractivity contribution in [2.45, 2.75) is 10.6 Å². The molecule has 0 amide bonds. The maximum absolute atomic E-state index is 12.4. The first-order valence-corrected chi connectivity index (χ1v) is 9.48. The van der Waals surface area contributed by atoms with Crippen molar-refractivity contribution in [1.82, 2.24) is 4.72 Å². The summed E-state index contributed by atoms with van der Waals surface area (Å²) in [5.74, 6) is -0.643. The lowest BCUT2D eigenvalue weighted by Gasteiger charge is -2.14. The number of sulfonamides is 1. The Labute approximate surface area is 151 Å². The Morgan fingerprint density at radius 3 is 2.62 bits per heavy atom. The summed E-state index contributed by atoms with van der Waals surface area (Å²) in [5, 5.41) is 4.12. The molecule has 0 saturated carbocycles. The molecule has 0 aliphatic rings. The van der Waals surface area contributed by atoms with Gasteiger partial charge in [-0.25, -0.2) is 13.1 Å². The van der Waals surface area contributed by atoms with E-state index in [2.05, 4.69) is 19.8 Å². The number of hydrogen-bond donors (Lipinski definition) is 3. The van der Waals surface area contributed by atoms with Crippen molar-refractivity contribution in [3.63, 3.8) is 0 Å². The zero-order valence-corrected chi connectivity index (χ0v) is 14.8. The number of para-hydroxylation sites is 2. The monoisotopic (exact) mass is 408 g/mol. The summed E-state index contributed by atoms with van der Waals surface area (Å²) < 4.78 is 67.2. The number of nitrogens with zero attached hydrogens (tertiary/aromatic N) is 1. The highest BCUT2D eigenvalue weighted by atomic mass is 32.2. The molecule has 1 aromatic heterocycles. The van der Waals surface area contributed by atoms with E-state index in [9.17, 15) is 21.6 Å². The van der Waals surface area contributed by atoms with Crippen molar-refractivity contribution in [3.05, 3.63) is 41.8 Å². The van der Waals surface area contributed by atoms with Gasteiger partial charge in [-0.15, -0.1) is 24.5 Å². The SMILES string of the molecule is NC(=NCCNS(=O)(=O)c1cccs1)Nc1ccccc1OC(F)(F)F. The van der Waals surface area contributed by atoms with Crippen LogP contribution in [0.2, 0.25) is 0 Å². The van der Waals surface area contributed by atoms with Crippen molar-refractivity contribution in [3.8, 4) is 5.75 Å². The van der Waals surface area contributed by atoms with Crippen LogP contribution >= 0.6 is 11.3 Å². The highest BCUT2D eigenvalue weighted by Gasteiger charge is 2.32. The largest absolute Gasteiger partial charge is 0.573 e. The van der Waals surface area contributed by atoms with Gasteiger partial charge in [-0.3, -0.25) is 4.99 Å². The van der Waals surface area contributed by atoms with Crippen molar-refractivity contribution < 1.29 is 26.3 Å². The number of anilines is 1. The molecule has 0 atom stereocenters. The lowest BCUT2D eigenvalue weighted by atomic mass is 10.3. The molecule has 0 bridgehead atoms. The number of hydrogen-bond acceptors (Lipinski definition) is 5. The summed E-state index contributed by atoms with van der Waals surface area (Å²) in [4.78, 5) is 3.86. The highest BCUT2D eigenvalue weighted by molar-refractivity contribution is 7.91. The summed E-state index contributed by atoms with van der Waals surface area (Å²) in [6.07, 6.45) is -4.84. The number of alkyl halides is 3. The van der Waals surface area contributed by atoms with Gasteiger partial charge in [-0.1, -0.05) is 18.2 Å². The fourth-order valence-electron chi connectivity index (χ4n) is 1.80. The van der Waals surface area contributed by atoms with Crippen LogP contribution in [0.3, 0.4) is 0 Å². The van der Waals surface area contributed by atoms with E-state index >= 15 is 0 Å². The van der Waals surface area contributed by atoms with E-state index in [1.165, 1.54) is 24.3 Å². The molecule has 1 heterocycles. The van der Waals surface area contributed by atoms with Crippen LogP contribution in [0, 0.1) is 0 Å².